The van der Waals surface area contributed by atoms with Crippen molar-refractivity contribution < 1.29 is 18.3 Å². The number of hydrogen-bond acceptors (Lipinski definition) is 4. The van der Waals surface area contributed by atoms with Gasteiger partial charge < -0.3 is 14.4 Å². The van der Waals surface area contributed by atoms with Crippen LogP contribution in [0.1, 0.15) is 43.9 Å². The van der Waals surface area contributed by atoms with E-state index in [4.69, 9.17) is 9.47 Å². The first kappa shape index (κ1) is 20.3. The van der Waals surface area contributed by atoms with Gasteiger partial charge in [0.15, 0.2) is 11.5 Å². The zero-order chi connectivity index (χ0) is 19.6. The molecule has 27 heavy (non-hydrogen) atoms. The molecule has 0 aromatic heterocycles. The van der Waals surface area contributed by atoms with Crippen molar-refractivity contribution in [1.82, 2.24) is 9.80 Å². The van der Waals surface area contributed by atoms with Gasteiger partial charge in [-0.2, -0.15) is 0 Å². The van der Waals surface area contributed by atoms with Gasteiger partial charge in [-0.3, -0.25) is 4.90 Å². The molecule has 1 unspecified atom stereocenters. The van der Waals surface area contributed by atoms with Gasteiger partial charge in [0.2, 0.25) is 6.43 Å². The number of fused-ring (bicyclic) bond motifs is 3. The zero-order valence-corrected chi connectivity index (χ0v) is 16.9. The molecule has 0 saturated carbocycles. The van der Waals surface area contributed by atoms with Crippen molar-refractivity contribution in [1.29, 1.82) is 0 Å². The molecule has 6 heteroatoms. The smallest absolute Gasteiger partial charge is 0.241 e. The van der Waals surface area contributed by atoms with E-state index in [2.05, 4.69) is 36.8 Å². The van der Waals surface area contributed by atoms with Gasteiger partial charge in [-0.15, -0.1) is 0 Å². The summed E-state index contributed by atoms with van der Waals surface area (Å²) in [6, 6.07) is 5.00. The summed E-state index contributed by atoms with van der Waals surface area (Å²) in [5.41, 5.74) is 2.54. The monoisotopic (exact) mass is 382 g/mol. The lowest BCUT2D eigenvalue weighted by Gasteiger charge is -2.48. The third-order valence-electron chi connectivity index (χ3n) is 5.76. The fraction of sp³-hybridized carbons (Fsp3) is 0.714. The van der Waals surface area contributed by atoms with Crippen LogP contribution in [0.25, 0.3) is 0 Å². The Balaban J connectivity index is 1.78. The van der Waals surface area contributed by atoms with Crippen LogP contribution in [0.3, 0.4) is 0 Å². The number of rotatable bonds is 7. The second-order valence-electron chi connectivity index (χ2n) is 8.21. The summed E-state index contributed by atoms with van der Waals surface area (Å²) in [6.45, 7) is 7.69. The number of ether oxygens (including phenoxy) is 2. The maximum absolute atomic E-state index is 12.4. The molecule has 2 aliphatic rings. The Kier molecular flexibility index (Phi) is 6.58. The van der Waals surface area contributed by atoms with Crippen LogP contribution in [0.2, 0.25) is 0 Å². The number of methoxy groups -OCH3 is 1. The fourth-order valence-corrected chi connectivity index (χ4v) is 4.35. The number of likely N-dealkylation sites (N-methyl/N-ethyl adjacent to an activating group) is 1. The lowest BCUT2D eigenvalue weighted by molar-refractivity contribution is 0.0294. The molecular weight excluding hydrogens is 350 g/mol. The number of hydrogen-bond donors (Lipinski definition) is 0. The molecule has 1 aromatic carbocycles. The zero-order valence-electron chi connectivity index (χ0n) is 16.9. The highest BCUT2D eigenvalue weighted by Crippen LogP contribution is 2.40. The second-order valence-corrected chi connectivity index (χ2v) is 8.21. The first-order valence-electron chi connectivity index (χ1n) is 9.95. The fourth-order valence-electron chi connectivity index (χ4n) is 4.35. The Bertz CT molecular complexity index is 639. The van der Waals surface area contributed by atoms with Crippen LogP contribution in [0, 0.1) is 5.92 Å². The van der Waals surface area contributed by atoms with Gasteiger partial charge >= 0.3 is 0 Å². The number of piperazine rings is 1. The Hall–Kier alpha value is -1.40. The third kappa shape index (κ3) is 4.72. The van der Waals surface area contributed by atoms with Crippen molar-refractivity contribution in [3.05, 3.63) is 23.3 Å². The molecule has 0 radical (unpaired) electrons. The summed E-state index contributed by atoms with van der Waals surface area (Å²) in [5, 5.41) is 0. The van der Waals surface area contributed by atoms with E-state index >= 15 is 0 Å². The molecule has 152 valence electrons. The number of benzene rings is 1. The summed E-state index contributed by atoms with van der Waals surface area (Å²) in [4.78, 5) is 5.07. The topological polar surface area (TPSA) is 24.9 Å². The standard InChI is InChI=1S/C21H32F2N2O2/c1-14(2)9-16-12-25-7-5-15-10-20(27-8-6-21(22)23)19(26-4)11-17(15)18(25)13-24(16)3/h10-11,14,16,18,21H,5-9,12-13H2,1-4H3/t16-,18?/m1/s1. The molecule has 1 fully saturated rings. The molecule has 0 spiro atoms. The van der Waals surface area contributed by atoms with Crippen LogP contribution in [0.4, 0.5) is 8.78 Å². The molecule has 2 aliphatic heterocycles. The Morgan fingerprint density at radius 3 is 2.63 bits per heavy atom. The van der Waals surface area contributed by atoms with E-state index in [-0.39, 0.29) is 13.0 Å². The highest BCUT2D eigenvalue weighted by molar-refractivity contribution is 5.49. The van der Waals surface area contributed by atoms with Crippen molar-refractivity contribution in [2.45, 2.75) is 51.6 Å². The molecule has 2 heterocycles. The SMILES string of the molecule is COc1cc2c(cc1OCCC(F)F)CCN1C[C@@H](CC(C)C)N(C)CC21. The van der Waals surface area contributed by atoms with Crippen LogP contribution in [-0.2, 0) is 6.42 Å². The van der Waals surface area contributed by atoms with E-state index in [1.54, 1.807) is 7.11 Å². The summed E-state index contributed by atoms with van der Waals surface area (Å²) in [6.07, 6.45) is -0.441. The van der Waals surface area contributed by atoms with Gasteiger partial charge in [-0.05, 0) is 49.1 Å². The quantitative estimate of drug-likeness (QED) is 0.712. The van der Waals surface area contributed by atoms with Crippen LogP contribution < -0.4 is 9.47 Å². The van der Waals surface area contributed by atoms with Gasteiger partial charge in [0.1, 0.15) is 0 Å². The van der Waals surface area contributed by atoms with Crippen molar-refractivity contribution >= 4 is 0 Å². The number of alkyl halides is 2. The first-order chi connectivity index (χ1) is 12.9. The molecule has 1 aromatic rings. The lowest BCUT2D eigenvalue weighted by atomic mass is 9.88. The number of nitrogens with zero attached hydrogens (tertiary/aromatic N) is 2. The van der Waals surface area contributed by atoms with Crippen LogP contribution in [-0.4, -0.2) is 62.7 Å². The van der Waals surface area contributed by atoms with Gasteiger partial charge in [0, 0.05) is 38.1 Å². The average molecular weight is 382 g/mol. The van der Waals surface area contributed by atoms with Crippen LogP contribution >= 0.6 is 0 Å². The van der Waals surface area contributed by atoms with Gasteiger partial charge in [0.05, 0.1) is 13.7 Å². The van der Waals surface area contributed by atoms with Crippen LogP contribution in [0.5, 0.6) is 11.5 Å². The third-order valence-corrected chi connectivity index (χ3v) is 5.76. The van der Waals surface area contributed by atoms with Gasteiger partial charge in [-0.25, -0.2) is 8.78 Å². The predicted molar refractivity (Wildman–Crippen MR) is 103 cm³/mol. The molecule has 0 amide bonds. The molecule has 0 bridgehead atoms. The summed E-state index contributed by atoms with van der Waals surface area (Å²) < 4.78 is 35.9. The lowest BCUT2D eigenvalue weighted by Crippen LogP contribution is -2.55. The van der Waals surface area contributed by atoms with E-state index in [0.717, 1.165) is 26.1 Å². The second kappa shape index (κ2) is 8.74. The maximum atomic E-state index is 12.4. The van der Waals surface area contributed by atoms with Crippen molar-refractivity contribution in [2.24, 2.45) is 5.92 Å². The van der Waals surface area contributed by atoms with E-state index in [9.17, 15) is 8.78 Å². The Labute approximate surface area is 161 Å². The minimum absolute atomic E-state index is 0.00197. The highest BCUT2D eigenvalue weighted by Gasteiger charge is 2.36. The normalized spacial score (nSPS) is 23.4. The minimum Gasteiger partial charge on any atom is -0.493 e. The summed E-state index contributed by atoms with van der Waals surface area (Å²) >= 11 is 0. The minimum atomic E-state index is -2.35. The van der Waals surface area contributed by atoms with Crippen LogP contribution in [0.15, 0.2) is 12.1 Å². The number of halogens is 2. The van der Waals surface area contributed by atoms with E-state index in [1.165, 1.54) is 17.5 Å². The van der Waals surface area contributed by atoms with E-state index in [1.807, 2.05) is 6.07 Å². The van der Waals surface area contributed by atoms with Crippen molar-refractivity contribution in [2.75, 3.05) is 40.4 Å². The molecular formula is C21H32F2N2O2. The van der Waals surface area contributed by atoms with Crippen molar-refractivity contribution in [3.8, 4) is 11.5 Å². The Morgan fingerprint density at radius 2 is 1.96 bits per heavy atom. The van der Waals surface area contributed by atoms with Gasteiger partial charge in [0.25, 0.3) is 0 Å². The largest absolute Gasteiger partial charge is 0.493 e. The first-order valence-corrected chi connectivity index (χ1v) is 9.95. The van der Waals surface area contributed by atoms with Crippen molar-refractivity contribution in [3.63, 3.8) is 0 Å². The summed E-state index contributed by atoms with van der Waals surface area (Å²) in [5.74, 6) is 1.91. The molecule has 4 nitrogen and oxygen atoms in total. The highest BCUT2D eigenvalue weighted by atomic mass is 19.3. The predicted octanol–water partition coefficient (Wildman–Crippen LogP) is 3.99. The summed E-state index contributed by atoms with van der Waals surface area (Å²) in [7, 11) is 3.83. The van der Waals surface area contributed by atoms with E-state index in [0.29, 0.717) is 29.5 Å². The molecule has 3 rings (SSSR count). The van der Waals surface area contributed by atoms with E-state index < -0.39 is 6.43 Å². The molecule has 2 atom stereocenters. The molecule has 1 saturated heterocycles. The Morgan fingerprint density at radius 1 is 1.19 bits per heavy atom. The average Bonchev–Trinajstić information content (AvgIpc) is 2.61. The van der Waals surface area contributed by atoms with Gasteiger partial charge in [-0.1, -0.05) is 13.8 Å². The molecule has 0 aliphatic carbocycles. The molecule has 0 N–H and O–H groups in total. The maximum Gasteiger partial charge on any atom is 0.241 e.